The number of benzene rings is 1. The van der Waals surface area contributed by atoms with Crippen LogP contribution >= 0.6 is 0 Å². The molecule has 0 radical (unpaired) electrons. The van der Waals surface area contributed by atoms with Gasteiger partial charge in [-0.25, -0.2) is 0 Å². The van der Waals surface area contributed by atoms with Gasteiger partial charge in [-0.3, -0.25) is 4.79 Å². The number of aromatic hydroxyl groups is 1. The highest BCUT2D eigenvalue weighted by atomic mass is 16.3. The highest BCUT2D eigenvalue weighted by Crippen LogP contribution is 2.13. The van der Waals surface area contributed by atoms with Crippen molar-refractivity contribution in [2.24, 2.45) is 11.7 Å². The van der Waals surface area contributed by atoms with Crippen LogP contribution in [0, 0.1) is 5.92 Å². The van der Waals surface area contributed by atoms with E-state index in [2.05, 4.69) is 5.32 Å². The zero-order valence-corrected chi connectivity index (χ0v) is 12.7. The number of carbonyl (C=O) groups excluding carboxylic acids is 1. The summed E-state index contributed by atoms with van der Waals surface area (Å²) in [6, 6.07) is 5.94. The second-order valence-corrected chi connectivity index (χ2v) is 5.37. The van der Waals surface area contributed by atoms with Crippen LogP contribution in [0.5, 0.6) is 5.75 Å². The molecule has 5 N–H and O–H groups in total. The van der Waals surface area contributed by atoms with Crippen LogP contribution < -0.4 is 11.1 Å². The standard InChI is InChI=1S/C16H26N2O3/c1-3-12(4-2)15(20)10-18-16(21)14(17)9-11-5-7-13(19)8-6-11/h5-8,12,14-15,19-20H,3-4,9-10,17H2,1-2H3,(H,18,21)/t14-,15?/m1/s1. The Labute approximate surface area is 126 Å². The fraction of sp³-hybridized carbons (Fsp3) is 0.562. The number of nitrogens with one attached hydrogen (secondary N) is 1. The van der Waals surface area contributed by atoms with Crippen molar-refractivity contribution in [2.75, 3.05) is 6.54 Å². The van der Waals surface area contributed by atoms with Crippen molar-refractivity contribution >= 4 is 5.91 Å². The van der Waals surface area contributed by atoms with Crippen LogP contribution in [-0.2, 0) is 11.2 Å². The zero-order valence-electron chi connectivity index (χ0n) is 12.7. The normalized spacial score (nSPS) is 14.0. The summed E-state index contributed by atoms with van der Waals surface area (Å²) in [5, 5.41) is 21.9. The van der Waals surface area contributed by atoms with Crippen LogP contribution in [0.1, 0.15) is 32.3 Å². The maximum absolute atomic E-state index is 11.9. The molecule has 0 fully saturated rings. The summed E-state index contributed by atoms with van der Waals surface area (Å²) in [6.45, 7) is 4.28. The fourth-order valence-corrected chi connectivity index (χ4v) is 2.31. The Morgan fingerprint density at radius 1 is 1.24 bits per heavy atom. The number of rotatable bonds is 8. The molecule has 118 valence electrons. The van der Waals surface area contributed by atoms with E-state index in [0.717, 1.165) is 18.4 Å². The number of amides is 1. The van der Waals surface area contributed by atoms with Gasteiger partial charge in [0, 0.05) is 6.54 Å². The number of nitrogens with two attached hydrogens (primary N) is 1. The third kappa shape index (κ3) is 5.73. The summed E-state index contributed by atoms with van der Waals surface area (Å²) in [7, 11) is 0. The SMILES string of the molecule is CCC(CC)C(O)CNC(=O)[C@H](N)Cc1ccc(O)cc1. The van der Waals surface area contributed by atoms with Gasteiger partial charge >= 0.3 is 0 Å². The lowest BCUT2D eigenvalue weighted by Crippen LogP contribution is -2.45. The van der Waals surface area contributed by atoms with E-state index in [1.54, 1.807) is 24.3 Å². The number of phenolic OH excluding ortho intramolecular Hbond substituents is 1. The first-order valence-corrected chi connectivity index (χ1v) is 7.47. The van der Waals surface area contributed by atoms with E-state index >= 15 is 0 Å². The maximum Gasteiger partial charge on any atom is 0.237 e. The predicted octanol–water partition coefficient (Wildman–Crippen LogP) is 1.18. The predicted molar refractivity (Wildman–Crippen MR) is 82.9 cm³/mol. The summed E-state index contributed by atoms with van der Waals surface area (Å²) in [6.07, 6.45) is 1.62. The minimum Gasteiger partial charge on any atom is -0.508 e. The average molecular weight is 294 g/mol. The first-order chi connectivity index (χ1) is 9.97. The van der Waals surface area contributed by atoms with E-state index in [1.165, 1.54) is 0 Å². The largest absolute Gasteiger partial charge is 0.508 e. The van der Waals surface area contributed by atoms with Crippen molar-refractivity contribution in [3.8, 4) is 5.75 Å². The first-order valence-electron chi connectivity index (χ1n) is 7.47. The lowest BCUT2D eigenvalue weighted by Gasteiger charge is -2.21. The third-order valence-electron chi connectivity index (χ3n) is 3.81. The second kappa shape index (κ2) is 8.64. The van der Waals surface area contributed by atoms with Gasteiger partial charge in [0.05, 0.1) is 12.1 Å². The Morgan fingerprint density at radius 2 is 1.81 bits per heavy atom. The lowest BCUT2D eigenvalue weighted by molar-refractivity contribution is -0.123. The summed E-state index contributed by atoms with van der Waals surface area (Å²) >= 11 is 0. The van der Waals surface area contributed by atoms with Crippen LogP contribution in [0.2, 0.25) is 0 Å². The van der Waals surface area contributed by atoms with Gasteiger partial charge in [0.2, 0.25) is 5.91 Å². The Morgan fingerprint density at radius 3 is 2.33 bits per heavy atom. The van der Waals surface area contributed by atoms with Crippen LogP contribution in [0.3, 0.4) is 0 Å². The van der Waals surface area contributed by atoms with Crippen molar-refractivity contribution in [1.82, 2.24) is 5.32 Å². The highest BCUT2D eigenvalue weighted by molar-refractivity contribution is 5.81. The number of aliphatic hydroxyl groups excluding tert-OH is 1. The molecule has 21 heavy (non-hydrogen) atoms. The summed E-state index contributed by atoms with van der Waals surface area (Å²) in [5.41, 5.74) is 6.74. The zero-order chi connectivity index (χ0) is 15.8. The molecule has 0 aliphatic carbocycles. The molecule has 0 bridgehead atoms. The average Bonchev–Trinajstić information content (AvgIpc) is 2.48. The number of phenols is 1. The molecule has 1 aromatic rings. The van der Waals surface area contributed by atoms with Gasteiger partial charge in [0.1, 0.15) is 5.75 Å². The van der Waals surface area contributed by atoms with Crippen LogP contribution in [0.25, 0.3) is 0 Å². The minimum absolute atomic E-state index is 0.185. The Bertz CT molecular complexity index is 430. The van der Waals surface area contributed by atoms with Gasteiger partial charge in [-0.2, -0.15) is 0 Å². The molecular weight excluding hydrogens is 268 g/mol. The van der Waals surface area contributed by atoms with Gasteiger partial charge in [0.25, 0.3) is 0 Å². The molecule has 1 unspecified atom stereocenters. The number of carbonyl (C=O) groups is 1. The van der Waals surface area contributed by atoms with Crippen LogP contribution in [-0.4, -0.2) is 34.8 Å². The molecular formula is C16H26N2O3. The van der Waals surface area contributed by atoms with Crippen molar-refractivity contribution in [3.05, 3.63) is 29.8 Å². The topological polar surface area (TPSA) is 95.6 Å². The molecule has 0 saturated heterocycles. The molecule has 0 aromatic heterocycles. The van der Waals surface area contributed by atoms with Crippen LogP contribution in [0.4, 0.5) is 0 Å². The van der Waals surface area contributed by atoms with E-state index in [0.29, 0.717) is 6.42 Å². The number of hydrogen-bond donors (Lipinski definition) is 4. The van der Waals surface area contributed by atoms with Crippen molar-refractivity contribution in [3.63, 3.8) is 0 Å². The Hall–Kier alpha value is -1.59. The third-order valence-corrected chi connectivity index (χ3v) is 3.81. The second-order valence-electron chi connectivity index (χ2n) is 5.37. The van der Waals surface area contributed by atoms with Gasteiger partial charge in [-0.05, 0) is 30.0 Å². The molecule has 0 heterocycles. The van der Waals surface area contributed by atoms with Gasteiger partial charge in [-0.15, -0.1) is 0 Å². The Balaban J connectivity index is 2.42. The fourth-order valence-electron chi connectivity index (χ4n) is 2.31. The monoisotopic (exact) mass is 294 g/mol. The molecule has 5 heteroatoms. The van der Waals surface area contributed by atoms with Crippen molar-refractivity contribution < 1.29 is 15.0 Å². The maximum atomic E-state index is 11.9. The number of aliphatic hydroxyl groups is 1. The molecule has 1 aromatic carbocycles. The molecule has 1 rings (SSSR count). The summed E-state index contributed by atoms with van der Waals surface area (Å²) in [4.78, 5) is 11.9. The molecule has 5 nitrogen and oxygen atoms in total. The Kier molecular flexibility index (Phi) is 7.19. The molecule has 0 saturated carbocycles. The smallest absolute Gasteiger partial charge is 0.237 e. The lowest BCUT2D eigenvalue weighted by atomic mass is 9.96. The van der Waals surface area contributed by atoms with E-state index in [1.807, 2.05) is 13.8 Å². The van der Waals surface area contributed by atoms with E-state index < -0.39 is 12.1 Å². The first kappa shape index (κ1) is 17.5. The van der Waals surface area contributed by atoms with Gasteiger partial charge < -0.3 is 21.3 Å². The van der Waals surface area contributed by atoms with E-state index in [4.69, 9.17) is 5.73 Å². The number of hydrogen-bond acceptors (Lipinski definition) is 4. The quantitative estimate of drug-likeness (QED) is 0.579. The van der Waals surface area contributed by atoms with Crippen LogP contribution in [0.15, 0.2) is 24.3 Å². The van der Waals surface area contributed by atoms with Crippen molar-refractivity contribution in [2.45, 2.75) is 45.3 Å². The summed E-state index contributed by atoms with van der Waals surface area (Å²) in [5.74, 6) is 0.108. The molecule has 0 spiro atoms. The van der Waals surface area contributed by atoms with E-state index in [9.17, 15) is 15.0 Å². The van der Waals surface area contributed by atoms with Gasteiger partial charge in [0.15, 0.2) is 0 Å². The highest BCUT2D eigenvalue weighted by Gasteiger charge is 2.19. The molecule has 0 aliphatic rings. The van der Waals surface area contributed by atoms with Crippen molar-refractivity contribution in [1.29, 1.82) is 0 Å². The van der Waals surface area contributed by atoms with Gasteiger partial charge in [-0.1, -0.05) is 38.8 Å². The molecule has 0 aliphatic heterocycles. The minimum atomic E-state index is -0.663. The summed E-state index contributed by atoms with van der Waals surface area (Å²) < 4.78 is 0. The molecule has 1 amide bonds. The molecule has 2 atom stereocenters. The van der Waals surface area contributed by atoms with E-state index in [-0.39, 0.29) is 24.1 Å².